The molecule has 7 heteroatoms. The number of rotatable bonds is 5. The van der Waals surface area contributed by atoms with Crippen molar-refractivity contribution >= 4 is 46.6 Å². The maximum Gasteiger partial charge on any atom is 0.252 e. The Kier molecular flexibility index (Phi) is 6.04. The van der Waals surface area contributed by atoms with Crippen LogP contribution in [0.25, 0.3) is 0 Å². The summed E-state index contributed by atoms with van der Waals surface area (Å²) >= 11 is 13.2. The summed E-state index contributed by atoms with van der Waals surface area (Å²) in [4.78, 5) is 12.9. The molecule has 0 saturated carbocycles. The van der Waals surface area contributed by atoms with Gasteiger partial charge < -0.3 is 10.5 Å². The third-order valence-electron chi connectivity index (χ3n) is 3.50. The van der Waals surface area contributed by atoms with E-state index in [4.69, 9.17) is 23.2 Å². The number of nitrogens with zero attached hydrogens (tertiary/aromatic N) is 1. The van der Waals surface area contributed by atoms with E-state index in [1.54, 1.807) is 36.4 Å². The highest BCUT2D eigenvalue weighted by Crippen LogP contribution is 2.35. The molecule has 3 rings (SSSR count). The first kappa shape index (κ1) is 18.6. The van der Waals surface area contributed by atoms with E-state index < -0.39 is 5.25 Å². The number of hydrogen-bond donors (Lipinski definition) is 1. The smallest absolute Gasteiger partial charge is 0.252 e. The molecule has 0 aliphatic rings. The molecule has 1 N–H and O–H groups in total. The van der Waals surface area contributed by atoms with Gasteiger partial charge in [0.2, 0.25) is 5.91 Å². The van der Waals surface area contributed by atoms with E-state index >= 15 is 0 Å². The number of halogens is 2. The van der Waals surface area contributed by atoms with Crippen LogP contribution in [0.2, 0.25) is 10.0 Å². The van der Waals surface area contributed by atoms with Crippen LogP contribution in [-0.4, -0.2) is 5.91 Å². The predicted octanol–water partition coefficient (Wildman–Crippen LogP) is 5.10. The Morgan fingerprint density at radius 1 is 1.00 bits per heavy atom. The van der Waals surface area contributed by atoms with Crippen LogP contribution in [0.4, 0.5) is 5.69 Å². The molecule has 132 valence electrons. The summed E-state index contributed by atoms with van der Waals surface area (Å²) in [5, 5.41) is 15.5. The summed E-state index contributed by atoms with van der Waals surface area (Å²) in [6.07, 6.45) is 1.40. The molecule has 0 aliphatic carbocycles. The van der Waals surface area contributed by atoms with Crippen LogP contribution < -0.4 is 10.0 Å². The van der Waals surface area contributed by atoms with Gasteiger partial charge in [0.05, 0.1) is 0 Å². The Labute approximate surface area is 165 Å². The minimum absolute atomic E-state index is 0.275. The summed E-state index contributed by atoms with van der Waals surface area (Å²) < 4.78 is 0.740. The van der Waals surface area contributed by atoms with E-state index in [0.29, 0.717) is 20.8 Å². The molecule has 26 heavy (non-hydrogen) atoms. The van der Waals surface area contributed by atoms with Crippen molar-refractivity contribution in [3.05, 3.63) is 93.7 Å². The lowest BCUT2D eigenvalue weighted by molar-refractivity contribution is -0.645. The van der Waals surface area contributed by atoms with Gasteiger partial charge in [0, 0.05) is 27.9 Å². The molecule has 4 nitrogen and oxygen atoms in total. The lowest BCUT2D eigenvalue weighted by Crippen LogP contribution is -2.29. The third-order valence-corrected chi connectivity index (χ3v) is 5.21. The molecular weight excluding hydrogens is 391 g/mol. The van der Waals surface area contributed by atoms with Crippen molar-refractivity contribution in [3.63, 3.8) is 0 Å². The van der Waals surface area contributed by atoms with Gasteiger partial charge in [0.15, 0.2) is 6.20 Å². The predicted molar refractivity (Wildman–Crippen MR) is 106 cm³/mol. The zero-order valence-corrected chi connectivity index (χ0v) is 15.8. The average molecular weight is 405 g/mol. The second-order valence-corrected chi connectivity index (χ2v) is 7.42. The van der Waals surface area contributed by atoms with Gasteiger partial charge >= 0.3 is 0 Å². The van der Waals surface area contributed by atoms with Crippen LogP contribution in [0.15, 0.2) is 78.0 Å². The van der Waals surface area contributed by atoms with Crippen LogP contribution in [0.1, 0.15) is 10.8 Å². The number of hydrogen-bond acceptors (Lipinski definition) is 3. The van der Waals surface area contributed by atoms with Crippen LogP contribution >= 0.6 is 35.0 Å². The van der Waals surface area contributed by atoms with Gasteiger partial charge in [-0.15, -0.1) is 0 Å². The summed E-state index contributed by atoms with van der Waals surface area (Å²) in [5.74, 6) is -0.275. The Balaban J connectivity index is 1.90. The number of thioether (sulfide) groups is 1. The monoisotopic (exact) mass is 404 g/mol. The van der Waals surface area contributed by atoms with E-state index in [9.17, 15) is 10.0 Å². The Hall–Kier alpha value is -2.21. The largest absolute Gasteiger partial charge is 0.618 e. The number of anilines is 1. The number of benzene rings is 2. The van der Waals surface area contributed by atoms with Gasteiger partial charge in [0.1, 0.15) is 5.25 Å². The number of carbonyl (C=O) groups is 1. The van der Waals surface area contributed by atoms with E-state index in [1.165, 1.54) is 18.0 Å². The van der Waals surface area contributed by atoms with E-state index in [2.05, 4.69) is 5.32 Å². The van der Waals surface area contributed by atoms with Crippen LogP contribution in [-0.2, 0) is 4.79 Å². The van der Waals surface area contributed by atoms with Gasteiger partial charge in [-0.05, 0) is 41.6 Å². The highest BCUT2D eigenvalue weighted by atomic mass is 35.5. The quantitative estimate of drug-likeness (QED) is 0.365. The van der Waals surface area contributed by atoms with E-state index in [1.807, 2.05) is 30.3 Å². The minimum atomic E-state index is -0.614. The zero-order valence-electron chi connectivity index (χ0n) is 13.4. The average Bonchev–Trinajstić information content (AvgIpc) is 2.60. The summed E-state index contributed by atoms with van der Waals surface area (Å²) in [6, 6.07) is 19.2. The lowest BCUT2D eigenvalue weighted by atomic mass is 10.1. The Bertz CT molecular complexity index is 902. The fourth-order valence-corrected chi connectivity index (χ4v) is 3.91. The number of nitrogens with one attached hydrogen (secondary N) is 1. The number of amides is 1. The van der Waals surface area contributed by atoms with Crippen LogP contribution in [0, 0.1) is 5.21 Å². The summed E-state index contributed by atoms with van der Waals surface area (Å²) in [7, 11) is 0. The summed E-state index contributed by atoms with van der Waals surface area (Å²) in [5.41, 5.74) is 1.28. The van der Waals surface area contributed by atoms with Crippen LogP contribution in [0.5, 0.6) is 0 Å². The molecule has 0 aliphatic heterocycles. The van der Waals surface area contributed by atoms with Crippen molar-refractivity contribution in [2.45, 2.75) is 10.3 Å². The molecule has 1 heterocycles. The molecule has 0 unspecified atom stereocenters. The molecule has 3 aromatic rings. The topological polar surface area (TPSA) is 56.0 Å². The Morgan fingerprint density at radius 3 is 2.31 bits per heavy atom. The second kappa shape index (κ2) is 8.45. The third kappa shape index (κ3) is 4.69. The number of aromatic nitrogens is 1. The minimum Gasteiger partial charge on any atom is -0.618 e. The first-order valence-electron chi connectivity index (χ1n) is 7.70. The molecule has 0 bridgehead atoms. The highest BCUT2D eigenvalue weighted by Gasteiger charge is 2.25. The van der Waals surface area contributed by atoms with Crippen molar-refractivity contribution in [1.82, 2.24) is 0 Å². The first-order chi connectivity index (χ1) is 12.5. The van der Waals surface area contributed by atoms with Gasteiger partial charge in [-0.2, -0.15) is 4.73 Å². The van der Waals surface area contributed by atoms with Crippen molar-refractivity contribution in [2.24, 2.45) is 0 Å². The lowest BCUT2D eigenvalue weighted by Gasteiger charge is -2.16. The molecular formula is C19H14Cl2N2O2S. The van der Waals surface area contributed by atoms with Crippen molar-refractivity contribution in [3.8, 4) is 0 Å². The Morgan fingerprint density at radius 2 is 1.65 bits per heavy atom. The fourth-order valence-electron chi connectivity index (χ4n) is 2.36. The van der Waals surface area contributed by atoms with Crippen molar-refractivity contribution in [1.29, 1.82) is 0 Å². The maximum absolute atomic E-state index is 12.9. The second-order valence-electron chi connectivity index (χ2n) is 5.42. The van der Waals surface area contributed by atoms with Gasteiger partial charge in [-0.25, -0.2) is 0 Å². The molecule has 0 spiro atoms. The van der Waals surface area contributed by atoms with Gasteiger partial charge in [-0.3, -0.25) is 4.79 Å². The molecule has 0 radical (unpaired) electrons. The van der Waals surface area contributed by atoms with Crippen molar-refractivity contribution in [2.75, 3.05) is 5.32 Å². The molecule has 1 amide bonds. The SMILES string of the molecule is O=C(Nc1cc(Cl)cc(Cl)c1)[C@@H](Sc1cccc[n+]1[O-])c1ccccc1. The van der Waals surface area contributed by atoms with Gasteiger partial charge in [-0.1, -0.05) is 53.5 Å². The maximum atomic E-state index is 12.9. The molecule has 1 aromatic heterocycles. The van der Waals surface area contributed by atoms with Gasteiger partial charge in [0.25, 0.3) is 5.03 Å². The number of carbonyl (C=O) groups excluding carboxylic acids is 1. The molecule has 0 fully saturated rings. The summed E-state index contributed by atoms with van der Waals surface area (Å²) in [6.45, 7) is 0. The normalized spacial score (nSPS) is 11.8. The molecule has 1 atom stereocenters. The highest BCUT2D eigenvalue weighted by molar-refractivity contribution is 8.00. The standard InChI is InChI=1S/C19H14Cl2N2O2S/c20-14-10-15(21)12-16(11-14)22-19(24)18(13-6-2-1-3-7-13)26-17-8-4-5-9-23(17)25/h1-12,18H,(H,22,24)/t18-/m0/s1. The zero-order chi connectivity index (χ0) is 18.5. The first-order valence-corrected chi connectivity index (χ1v) is 9.33. The van der Waals surface area contributed by atoms with E-state index in [0.717, 1.165) is 10.3 Å². The molecule has 2 aromatic carbocycles. The van der Waals surface area contributed by atoms with Crippen molar-refractivity contribution < 1.29 is 9.52 Å². The molecule has 0 saturated heterocycles. The van der Waals surface area contributed by atoms with E-state index in [-0.39, 0.29) is 5.91 Å². The fraction of sp³-hybridized carbons (Fsp3) is 0.0526. The van der Waals surface area contributed by atoms with Crippen LogP contribution in [0.3, 0.4) is 0 Å². The number of pyridine rings is 1.